The van der Waals surface area contributed by atoms with Crippen LogP contribution in [0.1, 0.15) is 5.69 Å². The Kier molecular flexibility index (Phi) is 3.48. The number of rotatable bonds is 4. The fraction of sp³-hybridized carbons (Fsp3) is 0.231. The molecule has 2 aromatic rings. The van der Waals surface area contributed by atoms with Gasteiger partial charge in [0.25, 0.3) is 0 Å². The molecule has 4 heteroatoms. The molecule has 0 saturated heterocycles. The summed E-state index contributed by atoms with van der Waals surface area (Å²) < 4.78 is 1.82. The fourth-order valence-corrected chi connectivity index (χ4v) is 1.71. The van der Waals surface area contributed by atoms with Gasteiger partial charge in [-0.05, 0) is 6.07 Å². The summed E-state index contributed by atoms with van der Waals surface area (Å²) in [6.45, 7) is 0.456. The molecule has 0 amide bonds. The Morgan fingerprint density at radius 3 is 2.82 bits per heavy atom. The number of aryl methyl sites for hydroxylation is 1. The molecule has 0 unspecified atom stereocenters. The quantitative estimate of drug-likeness (QED) is 0.592. The third kappa shape index (κ3) is 2.68. The number of aromatic nitrogens is 2. The van der Waals surface area contributed by atoms with Crippen LogP contribution in [0.2, 0.25) is 0 Å². The fourth-order valence-electron chi connectivity index (χ4n) is 1.71. The minimum atomic E-state index is 0.456. The zero-order chi connectivity index (χ0) is 12.1. The highest BCUT2D eigenvalue weighted by molar-refractivity contribution is 5.59. The van der Waals surface area contributed by atoms with Crippen molar-refractivity contribution in [3.8, 4) is 11.3 Å². The Bertz CT molecular complexity index is 539. The second kappa shape index (κ2) is 5.23. The van der Waals surface area contributed by atoms with Crippen molar-refractivity contribution < 1.29 is 4.79 Å². The molecule has 1 aromatic heterocycles. The van der Waals surface area contributed by atoms with E-state index in [4.69, 9.17) is 0 Å². The van der Waals surface area contributed by atoms with E-state index >= 15 is 0 Å². The van der Waals surface area contributed by atoms with Crippen LogP contribution in [-0.4, -0.2) is 22.4 Å². The van der Waals surface area contributed by atoms with Gasteiger partial charge in [-0.3, -0.25) is 4.68 Å². The predicted octanol–water partition coefficient (Wildman–Crippen LogP) is 1.97. The lowest BCUT2D eigenvalue weighted by Gasteiger charge is -1.96. The van der Waals surface area contributed by atoms with Crippen LogP contribution >= 0.6 is 0 Å². The van der Waals surface area contributed by atoms with Gasteiger partial charge in [0.15, 0.2) is 0 Å². The maximum absolute atomic E-state index is 9.99. The van der Waals surface area contributed by atoms with Crippen LogP contribution < -0.4 is 0 Å². The van der Waals surface area contributed by atoms with Crippen molar-refractivity contribution in [1.29, 1.82) is 0 Å². The lowest BCUT2D eigenvalue weighted by atomic mass is 10.1. The minimum absolute atomic E-state index is 0.456. The largest absolute Gasteiger partial charge is 0.272 e. The van der Waals surface area contributed by atoms with E-state index in [-0.39, 0.29) is 0 Å². The van der Waals surface area contributed by atoms with E-state index < -0.39 is 0 Å². The molecule has 86 valence electrons. The molecular weight excluding hydrogens is 214 g/mol. The van der Waals surface area contributed by atoms with Gasteiger partial charge in [-0.25, -0.2) is 9.79 Å². The van der Waals surface area contributed by atoms with Crippen LogP contribution in [0, 0.1) is 0 Å². The van der Waals surface area contributed by atoms with Crippen molar-refractivity contribution in [1.82, 2.24) is 9.78 Å². The normalized spacial score (nSPS) is 9.94. The molecule has 0 aliphatic carbocycles. The Hall–Kier alpha value is -2.19. The average Bonchev–Trinajstić information content (AvgIpc) is 2.73. The smallest absolute Gasteiger partial charge is 0.234 e. The summed E-state index contributed by atoms with van der Waals surface area (Å²) in [5, 5.41) is 4.44. The first kappa shape index (κ1) is 11.3. The monoisotopic (exact) mass is 227 g/mol. The Labute approximate surface area is 99.6 Å². The average molecular weight is 227 g/mol. The number of nitrogens with zero attached hydrogens (tertiary/aromatic N) is 3. The summed E-state index contributed by atoms with van der Waals surface area (Å²) in [5.74, 6) is 0. The van der Waals surface area contributed by atoms with Crippen molar-refractivity contribution >= 4 is 6.08 Å². The van der Waals surface area contributed by atoms with Gasteiger partial charge in [0.2, 0.25) is 6.08 Å². The van der Waals surface area contributed by atoms with E-state index in [1.165, 1.54) is 0 Å². The highest BCUT2D eigenvalue weighted by Gasteiger charge is 2.06. The lowest BCUT2D eigenvalue weighted by molar-refractivity contribution is 0.562. The first-order valence-electron chi connectivity index (χ1n) is 5.43. The van der Waals surface area contributed by atoms with Gasteiger partial charge in [-0.2, -0.15) is 5.10 Å². The van der Waals surface area contributed by atoms with Gasteiger partial charge in [0, 0.05) is 24.7 Å². The number of benzene rings is 1. The van der Waals surface area contributed by atoms with Gasteiger partial charge in [-0.15, -0.1) is 0 Å². The molecule has 4 nitrogen and oxygen atoms in total. The summed E-state index contributed by atoms with van der Waals surface area (Å²) >= 11 is 0. The van der Waals surface area contributed by atoms with Crippen molar-refractivity contribution in [2.75, 3.05) is 6.54 Å². The van der Waals surface area contributed by atoms with Gasteiger partial charge in [-0.1, -0.05) is 30.3 Å². The Balaban J connectivity index is 2.21. The summed E-state index contributed by atoms with van der Waals surface area (Å²) in [4.78, 5) is 13.5. The first-order chi connectivity index (χ1) is 8.31. The molecule has 0 atom stereocenters. The third-order valence-electron chi connectivity index (χ3n) is 2.59. The zero-order valence-electron chi connectivity index (χ0n) is 9.63. The van der Waals surface area contributed by atoms with Crippen LogP contribution in [0.3, 0.4) is 0 Å². The van der Waals surface area contributed by atoms with E-state index in [0.717, 1.165) is 17.0 Å². The van der Waals surface area contributed by atoms with Gasteiger partial charge in [0.05, 0.1) is 12.2 Å². The van der Waals surface area contributed by atoms with Gasteiger partial charge >= 0.3 is 0 Å². The standard InChI is InChI=1S/C13H13N3O/c1-16-12(7-8-14-10-17)9-13(15-16)11-5-3-2-4-6-11/h2-6,9H,7-8H2,1H3. The molecule has 0 radical (unpaired) electrons. The number of carbonyl (C=O) groups excluding carboxylic acids is 1. The molecule has 2 rings (SSSR count). The second-order valence-corrected chi connectivity index (χ2v) is 3.73. The minimum Gasteiger partial charge on any atom is -0.272 e. The van der Waals surface area contributed by atoms with Crippen LogP contribution in [0.4, 0.5) is 0 Å². The molecule has 0 N–H and O–H groups in total. The molecule has 0 aliphatic rings. The molecule has 0 bridgehead atoms. The van der Waals surface area contributed by atoms with Crippen LogP contribution in [0.25, 0.3) is 11.3 Å². The van der Waals surface area contributed by atoms with Gasteiger partial charge in [0.1, 0.15) is 0 Å². The zero-order valence-corrected chi connectivity index (χ0v) is 9.63. The maximum atomic E-state index is 9.99. The molecule has 0 fully saturated rings. The first-order valence-corrected chi connectivity index (χ1v) is 5.43. The maximum Gasteiger partial charge on any atom is 0.234 e. The molecule has 0 saturated carbocycles. The lowest BCUT2D eigenvalue weighted by Crippen LogP contribution is -1.99. The Morgan fingerprint density at radius 1 is 1.35 bits per heavy atom. The highest BCUT2D eigenvalue weighted by Crippen LogP contribution is 2.18. The van der Waals surface area contributed by atoms with E-state index in [2.05, 4.69) is 10.1 Å². The molecular formula is C13H13N3O. The van der Waals surface area contributed by atoms with Crippen molar-refractivity contribution in [3.05, 3.63) is 42.1 Å². The SMILES string of the molecule is Cn1nc(-c2ccccc2)cc1CCN=C=O. The van der Waals surface area contributed by atoms with E-state index in [0.29, 0.717) is 13.0 Å². The predicted molar refractivity (Wildman–Crippen MR) is 65.3 cm³/mol. The second-order valence-electron chi connectivity index (χ2n) is 3.73. The summed E-state index contributed by atoms with van der Waals surface area (Å²) in [7, 11) is 1.90. The van der Waals surface area contributed by atoms with Crippen LogP contribution in [-0.2, 0) is 18.3 Å². The van der Waals surface area contributed by atoms with Gasteiger partial charge < -0.3 is 0 Å². The summed E-state index contributed by atoms with van der Waals surface area (Å²) in [6, 6.07) is 12.0. The van der Waals surface area contributed by atoms with Crippen LogP contribution in [0.15, 0.2) is 41.4 Å². The van der Waals surface area contributed by atoms with E-state index in [9.17, 15) is 4.79 Å². The Morgan fingerprint density at radius 2 is 2.12 bits per heavy atom. The molecule has 1 heterocycles. The number of aliphatic imine (C=N–C) groups is 1. The van der Waals surface area contributed by atoms with Crippen molar-refractivity contribution in [2.24, 2.45) is 12.0 Å². The van der Waals surface area contributed by atoms with Crippen LogP contribution in [0.5, 0.6) is 0 Å². The molecule has 17 heavy (non-hydrogen) atoms. The topological polar surface area (TPSA) is 47.2 Å². The number of isocyanates is 1. The molecule has 0 spiro atoms. The van der Waals surface area contributed by atoms with E-state index in [1.807, 2.05) is 48.1 Å². The van der Waals surface area contributed by atoms with E-state index in [1.54, 1.807) is 6.08 Å². The molecule has 1 aromatic carbocycles. The molecule has 0 aliphatic heterocycles. The number of hydrogen-bond donors (Lipinski definition) is 0. The number of hydrogen-bond acceptors (Lipinski definition) is 3. The summed E-state index contributed by atoms with van der Waals surface area (Å²) in [5.41, 5.74) is 3.09. The highest BCUT2D eigenvalue weighted by atomic mass is 16.1. The van der Waals surface area contributed by atoms with Crippen molar-refractivity contribution in [3.63, 3.8) is 0 Å². The third-order valence-corrected chi connectivity index (χ3v) is 2.59. The van der Waals surface area contributed by atoms with Crippen molar-refractivity contribution in [2.45, 2.75) is 6.42 Å². The summed E-state index contributed by atoms with van der Waals surface area (Å²) in [6.07, 6.45) is 2.24.